The number of hydrogen-bond acceptors (Lipinski definition) is 7. The van der Waals surface area contributed by atoms with Crippen LogP contribution in [-0.4, -0.2) is 53.4 Å². The summed E-state index contributed by atoms with van der Waals surface area (Å²) in [5.41, 5.74) is 2.84. The fourth-order valence-corrected chi connectivity index (χ4v) is 5.00. The molecular formula is C32H33FN5O4P. The maximum Gasteiger partial charge on any atom is 0.265 e. The maximum atomic E-state index is 14.5. The molecule has 1 saturated heterocycles. The van der Waals surface area contributed by atoms with Crippen LogP contribution in [0, 0.1) is 5.82 Å². The Morgan fingerprint density at radius 3 is 2.60 bits per heavy atom. The third-order valence-corrected chi connectivity index (χ3v) is 7.39. The summed E-state index contributed by atoms with van der Waals surface area (Å²) < 4.78 is 27.7. The van der Waals surface area contributed by atoms with Gasteiger partial charge in [-0.1, -0.05) is 12.1 Å². The van der Waals surface area contributed by atoms with Crippen molar-refractivity contribution in [3.8, 4) is 17.2 Å². The number of aromatic nitrogens is 3. The summed E-state index contributed by atoms with van der Waals surface area (Å²) in [7, 11) is 4.33. The predicted octanol–water partition coefficient (Wildman–Crippen LogP) is 5.30. The van der Waals surface area contributed by atoms with E-state index in [2.05, 4.69) is 43.5 Å². The van der Waals surface area contributed by atoms with Gasteiger partial charge in [0.25, 0.3) is 5.56 Å². The molecule has 11 heteroatoms. The first kappa shape index (κ1) is 29.9. The van der Waals surface area contributed by atoms with E-state index in [4.69, 9.17) is 9.47 Å². The van der Waals surface area contributed by atoms with Crippen molar-refractivity contribution in [2.75, 3.05) is 37.0 Å². The number of pyridine rings is 1. The Labute approximate surface area is 250 Å². The SMILES string of the molecule is CNc1ccc(Oc2cc3cn[nH]c3cc2N2CCOC(C)(C)C2)c(F)c1.O=Cc1cccn(-c2ccc(P)cc2)c1=O. The molecule has 0 saturated carbocycles. The quantitative estimate of drug-likeness (QED) is 0.201. The molecule has 1 aliphatic rings. The Morgan fingerprint density at radius 2 is 1.91 bits per heavy atom. The van der Waals surface area contributed by atoms with Crippen LogP contribution in [0.2, 0.25) is 0 Å². The molecule has 0 bridgehead atoms. The van der Waals surface area contributed by atoms with E-state index in [1.54, 1.807) is 37.6 Å². The van der Waals surface area contributed by atoms with E-state index >= 15 is 0 Å². The highest BCUT2D eigenvalue weighted by Gasteiger charge is 2.29. The van der Waals surface area contributed by atoms with E-state index in [9.17, 15) is 14.0 Å². The number of nitrogens with zero attached hydrogens (tertiary/aromatic N) is 3. The minimum Gasteiger partial charge on any atom is -0.452 e. The van der Waals surface area contributed by atoms with Crippen LogP contribution in [-0.2, 0) is 4.74 Å². The van der Waals surface area contributed by atoms with Gasteiger partial charge in [0.05, 0.1) is 35.2 Å². The molecule has 2 aromatic heterocycles. The number of anilines is 2. The van der Waals surface area contributed by atoms with E-state index in [0.29, 0.717) is 30.9 Å². The van der Waals surface area contributed by atoms with Crippen LogP contribution in [0.3, 0.4) is 0 Å². The number of rotatable bonds is 6. The van der Waals surface area contributed by atoms with E-state index in [0.717, 1.165) is 34.1 Å². The van der Waals surface area contributed by atoms with Crippen molar-refractivity contribution in [2.24, 2.45) is 0 Å². The van der Waals surface area contributed by atoms with Gasteiger partial charge in [-0.05, 0) is 67.7 Å². The number of hydrogen-bond donors (Lipinski definition) is 2. The number of carbonyl (C=O) groups is 1. The Bertz CT molecular complexity index is 1800. The van der Waals surface area contributed by atoms with Crippen molar-refractivity contribution < 1.29 is 18.7 Å². The largest absolute Gasteiger partial charge is 0.452 e. The zero-order valence-corrected chi connectivity index (χ0v) is 25.3. The van der Waals surface area contributed by atoms with E-state index < -0.39 is 5.82 Å². The normalized spacial score (nSPS) is 14.1. The molecule has 5 aromatic rings. The minimum atomic E-state index is -0.414. The molecule has 0 aliphatic carbocycles. The van der Waals surface area contributed by atoms with Crippen molar-refractivity contribution in [1.29, 1.82) is 0 Å². The van der Waals surface area contributed by atoms with Crippen molar-refractivity contribution in [2.45, 2.75) is 19.4 Å². The number of morpholine rings is 1. The van der Waals surface area contributed by atoms with Crippen molar-refractivity contribution in [3.63, 3.8) is 0 Å². The molecule has 1 fully saturated rings. The highest BCUT2D eigenvalue weighted by atomic mass is 31.0. The summed E-state index contributed by atoms with van der Waals surface area (Å²) in [6.07, 6.45) is 3.95. The second-order valence-corrected chi connectivity index (χ2v) is 11.3. The maximum absolute atomic E-state index is 14.5. The van der Waals surface area contributed by atoms with Gasteiger partial charge in [0.15, 0.2) is 23.6 Å². The molecular weight excluding hydrogens is 568 g/mol. The molecule has 3 aromatic carbocycles. The fraction of sp³-hybridized carbons (Fsp3) is 0.219. The summed E-state index contributed by atoms with van der Waals surface area (Å²) in [6, 6.07) is 19.4. The molecule has 222 valence electrons. The Hall–Kier alpha value is -4.53. The van der Waals surface area contributed by atoms with Crippen LogP contribution in [0.4, 0.5) is 15.8 Å². The topological polar surface area (TPSA) is 101 Å². The number of aldehydes is 1. The first-order valence-electron chi connectivity index (χ1n) is 13.7. The Kier molecular flexibility index (Phi) is 8.89. The lowest BCUT2D eigenvalue weighted by Gasteiger charge is -2.40. The number of halogens is 1. The summed E-state index contributed by atoms with van der Waals surface area (Å²) in [5, 5.41) is 12.0. The van der Waals surface area contributed by atoms with Gasteiger partial charge in [0, 0.05) is 49.2 Å². The highest BCUT2D eigenvalue weighted by Crippen LogP contribution is 2.38. The Morgan fingerprint density at radius 1 is 1.12 bits per heavy atom. The number of fused-ring (bicyclic) bond motifs is 1. The molecule has 9 nitrogen and oxygen atoms in total. The van der Waals surface area contributed by atoms with Crippen LogP contribution in [0.5, 0.6) is 11.5 Å². The number of ether oxygens (including phenoxy) is 2. The zero-order valence-electron chi connectivity index (χ0n) is 24.1. The summed E-state index contributed by atoms with van der Waals surface area (Å²) >= 11 is 0. The highest BCUT2D eigenvalue weighted by molar-refractivity contribution is 7.27. The number of nitrogens with one attached hydrogen (secondary N) is 2. The van der Waals surface area contributed by atoms with Crippen LogP contribution >= 0.6 is 9.24 Å². The van der Waals surface area contributed by atoms with Gasteiger partial charge in [-0.3, -0.25) is 19.3 Å². The van der Waals surface area contributed by atoms with Crippen LogP contribution in [0.15, 0.2) is 83.9 Å². The third-order valence-electron chi connectivity index (χ3n) is 7.00. The first-order valence-corrected chi connectivity index (χ1v) is 14.3. The lowest BCUT2D eigenvalue weighted by atomic mass is 10.1. The van der Waals surface area contributed by atoms with Crippen molar-refractivity contribution in [3.05, 3.63) is 101 Å². The van der Waals surface area contributed by atoms with Gasteiger partial charge in [-0.2, -0.15) is 5.10 Å². The van der Waals surface area contributed by atoms with Gasteiger partial charge in [0.1, 0.15) is 0 Å². The first-order chi connectivity index (χ1) is 20.7. The van der Waals surface area contributed by atoms with E-state index in [1.807, 2.05) is 36.4 Å². The smallest absolute Gasteiger partial charge is 0.265 e. The molecule has 1 aliphatic heterocycles. The van der Waals surface area contributed by atoms with Crippen LogP contribution in [0.1, 0.15) is 24.2 Å². The molecule has 1 unspecified atom stereocenters. The molecule has 3 heterocycles. The van der Waals surface area contributed by atoms with Crippen molar-refractivity contribution >= 4 is 43.1 Å². The molecule has 43 heavy (non-hydrogen) atoms. The van der Waals surface area contributed by atoms with Crippen LogP contribution < -0.4 is 25.8 Å². The molecule has 0 radical (unpaired) electrons. The van der Waals surface area contributed by atoms with Gasteiger partial charge < -0.3 is 19.7 Å². The number of carbonyl (C=O) groups excluding carboxylic acids is 1. The zero-order chi connectivity index (χ0) is 30.6. The van der Waals surface area contributed by atoms with Gasteiger partial charge in [-0.25, -0.2) is 4.39 Å². The second kappa shape index (κ2) is 12.8. The van der Waals surface area contributed by atoms with Gasteiger partial charge >= 0.3 is 0 Å². The predicted molar refractivity (Wildman–Crippen MR) is 171 cm³/mol. The molecule has 2 N–H and O–H groups in total. The fourth-order valence-electron chi connectivity index (χ4n) is 4.81. The standard InChI is InChI=1S/C20H23FN4O2.C12H10NO2P/c1-20(2)12-25(6-7-26-20)17-10-16-13(11-23-24-16)8-19(17)27-18-5-4-14(22-3)9-15(18)21;14-8-9-2-1-7-13(12(9)15)10-3-5-11(16)6-4-10/h4-5,8-11,22H,6-7,12H2,1-3H3,(H,23,24);1-8H,16H2. The molecule has 6 rings (SSSR count). The minimum absolute atomic E-state index is 0.164. The average Bonchev–Trinajstić information content (AvgIpc) is 3.46. The summed E-state index contributed by atoms with van der Waals surface area (Å²) in [5.74, 6) is 0.366. The lowest BCUT2D eigenvalue weighted by molar-refractivity contribution is -0.0277. The van der Waals surface area contributed by atoms with Gasteiger partial charge in [0.2, 0.25) is 0 Å². The Balaban J connectivity index is 0.000000196. The number of H-pyrrole nitrogens is 1. The van der Waals surface area contributed by atoms with E-state index in [-0.39, 0.29) is 22.5 Å². The van der Waals surface area contributed by atoms with Crippen molar-refractivity contribution in [1.82, 2.24) is 14.8 Å². The lowest BCUT2D eigenvalue weighted by Crippen LogP contribution is -2.48. The number of benzene rings is 3. The molecule has 1 atom stereocenters. The molecule has 0 amide bonds. The molecule has 0 spiro atoms. The van der Waals surface area contributed by atoms with Gasteiger partial charge in [-0.15, -0.1) is 9.24 Å². The summed E-state index contributed by atoms with van der Waals surface area (Å²) in [4.78, 5) is 24.7. The summed E-state index contributed by atoms with van der Waals surface area (Å²) in [6.45, 7) is 6.19. The number of aromatic amines is 1. The average molecular weight is 602 g/mol. The second-order valence-electron chi connectivity index (χ2n) is 10.7. The van der Waals surface area contributed by atoms with Crippen LogP contribution in [0.25, 0.3) is 16.6 Å². The monoisotopic (exact) mass is 601 g/mol. The van der Waals surface area contributed by atoms with E-state index in [1.165, 1.54) is 16.7 Å². The third kappa shape index (κ3) is 6.93.